The summed E-state index contributed by atoms with van der Waals surface area (Å²) >= 11 is 0. The second-order valence-electron chi connectivity index (χ2n) is 5.70. The summed E-state index contributed by atoms with van der Waals surface area (Å²) in [5, 5.41) is 0. The van der Waals surface area contributed by atoms with Gasteiger partial charge in [0.15, 0.2) is 0 Å². The highest BCUT2D eigenvalue weighted by molar-refractivity contribution is 5.58. The summed E-state index contributed by atoms with van der Waals surface area (Å²) in [6.07, 6.45) is 9.16. The van der Waals surface area contributed by atoms with E-state index in [0.717, 1.165) is 12.7 Å². The van der Waals surface area contributed by atoms with Gasteiger partial charge in [-0.05, 0) is 11.8 Å². The summed E-state index contributed by atoms with van der Waals surface area (Å²) in [6.45, 7) is 11.8. The Balaban J connectivity index is 0.000000354. The molecular formula is C14H24N2O. The Morgan fingerprint density at radius 2 is 1.88 bits per heavy atom. The van der Waals surface area contributed by atoms with Gasteiger partial charge >= 0.3 is 0 Å². The minimum absolute atomic E-state index is 0.0599. The van der Waals surface area contributed by atoms with Crippen LogP contribution in [0.2, 0.25) is 0 Å². The van der Waals surface area contributed by atoms with Crippen LogP contribution in [-0.4, -0.2) is 15.8 Å². The molecule has 0 amide bonds. The maximum absolute atomic E-state index is 10.6. The van der Waals surface area contributed by atoms with Crippen LogP contribution in [0.25, 0.3) is 0 Å². The Hall–Kier alpha value is -1.38. The van der Waals surface area contributed by atoms with Crippen molar-refractivity contribution in [2.24, 2.45) is 17.9 Å². The van der Waals surface area contributed by atoms with E-state index in [4.69, 9.17) is 0 Å². The molecule has 1 heterocycles. The molecule has 96 valence electrons. The Kier molecular flexibility index (Phi) is 5.86. The van der Waals surface area contributed by atoms with Crippen LogP contribution in [0.5, 0.6) is 0 Å². The minimum atomic E-state index is -0.225. The van der Waals surface area contributed by atoms with Gasteiger partial charge in [0.25, 0.3) is 0 Å². The van der Waals surface area contributed by atoms with Gasteiger partial charge in [0.1, 0.15) is 6.29 Å². The van der Waals surface area contributed by atoms with Crippen molar-refractivity contribution in [3.05, 3.63) is 31.4 Å². The molecule has 1 rings (SSSR count). The Labute approximate surface area is 105 Å². The standard InChI is InChI=1S/C10H18O.C4H6N2/c1-6-9(2,3)7-10(4,5)8-11;1-6-3-2-5-4-6/h6,8H,1,7H2,2-5H3;2-4H,1H3. The van der Waals surface area contributed by atoms with Gasteiger partial charge in [0, 0.05) is 24.9 Å². The van der Waals surface area contributed by atoms with Gasteiger partial charge in [0.2, 0.25) is 0 Å². The number of rotatable bonds is 4. The van der Waals surface area contributed by atoms with E-state index in [1.807, 2.05) is 37.7 Å². The average Bonchev–Trinajstić information content (AvgIpc) is 2.69. The number of hydrogen-bond donors (Lipinski definition) is 0. The number of imidazole rings is 1. The van der Waals surface area contributed by atoms with E-state index in [2.05, 4.69) is 25.4 Å². The molecule has 1 aromatic heterocycles. The summed E-state index contributed by atoms with van der Waals surface area (Å²) in [5.74, 6) is 0. The van der Waals surface area contributed by atoms with Crippen molar-refractivity contribution >= 4 is 6.29 Å². The fourth-order valence-corrected chi connectivity index (χ4v) is 1.61. The third-order valence-electron chi connectivity index (χ3n) is 2.42. The van der Waals surface area contributed by atoms with E-state index >= 15 is 0 Å². The van der Waals surface area contributed by atoms with Crippen LogP contribution in [-0.2, 0) is 11.8 Å². The largest absolute Gasteiger partial charge is 0.341 e. The van der Waals surface area contributed by atoms with E-state index in [9.17, 15) is 4.79 Å². The maximum Gasteiger partial charge on any atom is 0.125 e. The zero-order chi connectivity index (χ0) is 13.5. The van der Waals surface area contributed by atoms with E-state index in [1.165, 1.54) is 0 Å². The zero-order valence-corrected chi connectivity index (χ0v) is 11.6. The lowest BCUT2D eigenvalue weighted by Gasteiger charge is -2.28. The number of nitrogens with zero attached hydrogens (tertiary/aromatic N) is 2. The molecule has 0 unspecified atom stereocenters. The highest BCUT2D eigenvalue weighted by atomic mass is 16.1. The summed E-state index contributed by atoms with van der Waals surface area (Å²) in [6, 6.07) is 0. The van der Waals surface area contributed by atoms with Crippen LogP contribution in [0, 0.1) is 10.8 Å². The van der Waals surface area contributed by atoms with Crippen LogP contribution < -0.4 is 0 Å². The highest BCUT2D eigenvalue weighted by Gasteiger charge is 2.25. The molecule has 3 nitrogen and oxygen atoms in total. The van der Waals surface area contributed by atoms with Crippen LogP contribution in [0.3, 0.4) is 0 Å². The van der Waals surface area contributed by atoms with Crippen LogP contribution in [0.4, 0.5) is 0 Å². The van der Waals surface area contributed by atoms with Crippen molar-refractivity contribution in [1.82, 2.24) is 9.55 Å². The monoisotopic (exact) mass is 236 g/mol. The number of aromatic nitrogens is 2. The van der Waals surface area contributed by atoms with Gasteiger partial charge in [-0.2, -0.15) is 0 Å². The molecule has 0 N–H and O–H groups in total. The molecule has 0 spiro atoms. The van der Waals surface area contributed by atoms with Crippen molar-refractivity contribution in [3.8, 4) is 0 Å². The molecule has 0 radical (unpaired) electrons. The van der Waals surface area contributed by atoms with E-state index in [-0.39, 0.29) is 10.8 Å². The molecule has 0 aliphatic carbocycles. The first-order chi connectivity index (χ1) is 7.72. The predicted octanol–water partition coefficient (Wildman–Crippen LogP) is 3.23. The summed E-state index contributed by atoms with van der Waals surface area (Å²) in [5.41, 5.74) is -0.165. The first-order valence-corrected chi connectivity index (χ1v) is 5.74. The molecule has 0 saturated heterocycles. The first kappa shape index (κ1) is 15.6. The molecule has 0 aliphatic rings. The third-order valence-corrected chi connectivity index (χ3v) is 2.42. The van der Waals surface area contributed by atoms with Gasteiger partial charge in [-0.1, -0.05) is 33.8 Å². The highest BCUT2D eigenvalue weighted by Crippen LogP contribution is 2.32. The van der Waals surface area contributed by atoms with Gasteiger partial charge < -0.3 is 9.36 Å². The fraction of sp³-hybridized carbons (Fsp3) is 0.571. The quantitative estimate of drug-likeness (QED) is 0.594. The Morgan fingerprint density at radius 3 is 2.12 bits per heavy atom. The number of carbonyl (C=O) groups excluding carboxylic acids is 1. The molecule has 3 heteroatoms. The third kappa shape index (κ3) is 7.50. The number of aryl methyl sites for hydroxylation is 1. The van der Waals surface area contributed by atoms with Crippen LogP contribution in [0.15, 0.2) is 31.4 Å². The Bertz CT molecular complexity index is 319. The van der Waals surface area contributed by atoms with Crippen LogP contribution >= 0.6 is 0 Å². The van der Waals surface area contributed by atoms with Crippen molar-refractivity contribution < 1.29 is 4.79 Å². The number of aldehydes is 1. The lowest BCUT2D eigenvalue weighted by molar-refractivity contribution is -0.115. The number of hydrogen-bond acceptors (Lipinski definition) is 2. The topological polar surface area (TPSA) is 34.9 Å². The van der Waals surface area contributed by atoms with Gasteiger partial charge in [0.05, 0.1) is 6.33 Å². The summed E-state index contributed by atoms with van der Waals surface area (Å²) in [7, 11) is 1.94. The average molecular weight is 236 g/mol. The molecule has 0 fully saturated rings. The van der Waals surface area contributed by atoms with Crippen molar-refractivity contribution in [1.29, 1.82) is 0 Å². The van der Waals surface area contributed by atoms with E-state index < -0.39 is 0 Å². The molecule has 17 heavy (non-hydrogen) atoms. The van der Waals surface area contributed by atoms with Crippen molar-refractivity contribution in [2.45, 2.75) is 34.1 Å². The lowest BCUT2D eigenvalue weighted by atomic mass is 9.76. The van der Waals surface area contributed by atoms with Crippen molar-refractivity contribution in [3.63, 3.8) is 0 Å². The second-order valence-corrected chi connectivity index (χ2v) is 5.70. The predicted molar refractivity (Wildman–Crippen MR) is 71.6 cm³/mol. The maximum atomic E-state index is 10.6. The molecule has 1 aromatic rings. The molecule has 0 bridgehead atoms. The first-order valence-electron chi connectivity index (χ1n) is 5.74. The fourth-order valence-electron chi connectivity index (χ4n) is 1.61. The molecule has 0 aliphatic heterocycles. The molecular weight excluding hydrogens is 212 g/mol. The van der Waals surface area contributed by atoms with Gasteiger partial charge in [-0.15, -0.1) is 6.58 Å². The van der Waals surface area contributed by atoms with Gasteiger partial charge in [-0.25, -0.2) is 4.98 Å². The Morgan fingerprint density at radius 1 is 1.29 bits per heavy atom. The van der Waals surface area contributed by atoms with E-state index in [0.29, 0.717) is 0 Å². The SMILES string of the molecule is C=CC(C)(C)CC(C)(C)C=O.Cn1ccnc1. The van der Waals surface area contributed by atoms with E-state index in [1.54, 1.807) is 12.5 Å². The smallest absolute Gasteiger partial charge is 0.125 e. The molecule has 0 aromatic carbocycles. The molecule has 0 saturated carbocycles. The number of carbonyl (C=O) groups is 1. The number of allylic oxidation sites excluding steroid dienone is 1. The second kappa shape index (κ2) is 6.38. The zero-order valence-electron chi connectivity index (χ0n) is 11.6. The van der Waals surface area contributed by atoms with Crippen LogP contribution in [0.1, 0.15) is 34.1 Å². The van der Waals surface area contributed by atoms with Gasteiger partial charge in [-0.3, -0.25) is 0 Å². The molecule has 0 atom stereocenters. The summed E-state index contributed by atoms with van der Waals surface area (Å²) in [4.78, 5) is 14.4. The van der Waals surface area contributed by atoms with Crippen molar-refractivity contribution in [2.75, 3.05) is 0 Å². The lowest BCUT2D eigenvalue weighted by Crippen LogP contribution is -2.22. The summed E-state index contributed by atoms with van der Waals surface area (Å²) < 4.78 is 1.89. The normalized spacial score (nSPS) is 11.4. The minimum Gasteiger partial charge on any atom is -0.341 e.